The first-order valence-corrected chi connectivity index (χ1v) is 6.54. The maximum absolute atomic E-state index is 3.69. The van der Waals surface area contributed by atoms with Crippen molar-refractivity contribution in [3.63, 3.8) is 0 Å². The van der Waals surface area contributed by atoms with Crippen LogP contribution in [0, 0.1) is 5.92 Å². The number of hydrogen-bond donors (Lipinski definition) is 0. The number of likely N-dealkylation sites (tertiary alicyclic amines) is 1. The minimum atomic E-state index is 0.783. The van der Waals surface area contributed by atoms with Crippen LogP contribution in [0.25, 0.3) is 0 Å². The van der Waals surface area contributed by atoms with E-state index in [1.54, 1.807) is 0 Å². The predicted molar refractivity (Wildman–Crippen MR) is 62.5 cm³/mol. The van der Waals surface area contributed by atoms with Gasteiger partial charge in [-0.3, -0.25) is 0 Å². The van der Waals surface area contributed by atoms with Crippen LogP contribution >= 0.6 is 15.9 Å². The molecule has 0 spiro atoms. The Kier molecular flexibility index (Phi) is 5.34. The molecule has 0 aliphatic carbocycles. The van der Waals surface area contributed by atoms with Crippen molar-refractivity contribution in [3.8, 4) is 0 Å². The van der Waals surface area contributed by atoms with Gasteiger partial charge in [-0.25, -0.2) is 0 Å². The normalized spacial score (nSPS) is 21.2. The molecule has 0 aromatic heterocycles. The van der Waals surface area contributed by atoms with Gasteiger partial charge >= 0.3 is 0 Å². The molecular weight excluding hydrogens is 226 g/mol. The second-order valence-electron chi connectivity index (χ2n) is 4.16. The molecule has 1 fully saturated rings. The van der Waals surface area contributed by atoms with E-state index >= 15 is 0 Å². The highest BCUT2D eigenvalue weighted by Crippen LogP contribution is 2.19. The van der Waals surface area contributed by atoms with Crippen molar-refractivity contribution in [2.24, 2.45) is 5.92 Å². The second kappa shape index (κ2) is 6.02. The summed E-state index contributed by atoms with van der Waals surface area (Å²) in [6.45, 7) is 8.54. The molecule has 1 rings (SSSR count). The summed E-state index contributed by atoms with van der Waals surface area (Å²) in [6.07, 6.45) is 5.34. The molecule has 0 saturated carbocycles. The fraction of sp³-hybridized carbons (Fsp3) is 1.00. The molecule has 0 bridgehead atoms. The molecule has 1 saturated heterocycles. The molecule has 0 aromatic rings. The molecule has 1 heterocycles. The first-order valence-electron chi connectivity index (χ1n) is 5.62. The van der Waals surface area contributed by atoms with Crippen LogP contribution in [0.3, 0.4) is 0 Å². The van der Waals surface area contributed by atoms with Crippen LogP contribution in [-0.4, -0.2) is 29.4 Å². The maximum Gasteiger partial charge on any atom is 0.0170 e. The summed E-state index contributed by atoms with van der Waals surface area (Å²) < 4.78 is 0. The minimum absolute atomic E-state index is 0.783. The predicted octanol–water partition coefficient (Wildman–Crippen LogP) is 3.28. The van der Waals surface area contributed by atoms with Crippen LogP contribution in [0.1, 0.15) is 39.5 Å². The maximum atomic E-state index is 3.69. The van der Waals surface area contributed by atoms with Gasteiger partial charge in [0, 0.05) is 11.4 Å². The molecule has 0 amide bonds. The van der Waals surface area contributed by atoms with E-state index < -0.39 is 0 Å². The molecule has 0 aromatic carbocycles. The molecule has 2 heteroatoms. The van der Waals surface area contributed by atoms with Gasteiger partial charge < -0.3 is 4.90 Å². The molecule has 13 heavy (non-hydrogen) atoms. The minimum Gasteiger partial charge on any atom is -0.303 e. The van der Waals surface area contributed by atoms with Gasteiger partial charge in [-0.05, 0) is 31.8 Å². The Morgan fingerprint density at radius 3 is 2.23 bits per heavy atom. The number of rotatable bonds is 4. The highest BCUT2D eigenvalue weighted by Gasteiger charge is 2.18. The Morgan fingerprint density at radius 1 is 1.23 bits per heavy atom. The van der Waals surface area contributed by atoms with Gasteiger partial charge in [0.1, 0.15) is 0 Å². The lowest BCUT2D eigenvalue weighted by atomic mass is 10.0. The lowest BCUT2D eigenvalue weighted by molar-refractivity contribution is 0.194. The molecule has 0 atom stereocenters. The van der Waals surface area contributed by atoms with E-state index in [1.165, 1.54) is 45.3 Å². The van der Waals surface area contributed by atoms with E-state index in [9.17, 15) is 0 Å². The first-order chi connectivity index (χ1) is 6.26. The first kappa shape index (κ1) is 11.5. The zero-order valence-corrected chi connectivity index (χ0v) is 10.5. The van der Waals surface area contributed by atoms with Gasteiger partial charge in [0.25, 0.3) is 0 Å². The van der Waals surface area contributed by atoms with E-state index in [-0.39, 0.29) is 0 Å². The fourth-order valence-electron chi connectivity index (χ4n) is 2.00. The van der Waals surface area contributed by atoms with Crippen molar-refractivity contribution < 1.29 is 0 Å². The molecular formula is C11H22BrN. The van der Waals surface area contributed by atoms with E-state index in [2.05, 4.69) is 34.7 Å². The molecule has 0 unspecified atom stereocenters. The third-order valence-corrected chi connectivity index (χ3v) is 4.10. The molecule has 1 aliphatic rings. The van der Waals surface area contributed by atoms with Crippen LogP contribution in [0.5, 0.6) is 0 Å². The molecule has 0 radical (unpaired) electrons. The summed E-state index contributed by atoms with van der Waals surface area (Å²) in [5.74, 6) is 0.923. The van der Waals surface area contributed by atoms with Gasteiger partial charge in [0.05, 0.1) is 0 Å². The summed E-state index contributed by atoms with van der Waals surface area (Å²) in [5.41, 5.74) is 0. The lowest BCUT2D eigenvalue weighted by Crippen LogP contribution is -2.37. The van der Waals surface area contributed by atoms with Crippen molar-refractivity contribution in [2.45, 2.75) is 44.4 Å². The number of alkyl halides is 1. The largest absolute Gasteiger partial charge is 0.303 e. The Morgan fingerprint density at radius 2 is 1.77 bits per heavy atom. The van der Waals surface area contributed by atoms with Crippen LogP contribution < -0.4 is 0 Å². The summed E-state index contributed by atoms with van der Waals surface area (Å²) in [5, 5.41) is 0. The number of nitrogens with zero attached hydrogens (tertiary/aromatic N) is 1. The summed E-state index contributed by atoms with van der Waals surface area (Å²) in [6, 6.07) is 0. The van der Waals surface area contributed by atoms with E-state index in [1.807, 2.05) is 0 Å². The SMILES string of the molecule is CCC(CC)CN1CCC(Br)CC1. The van der Waals surface area contributed by atoms with Crippen molar-refractivity contribution >= 4 is 15.9 Å². The third-order valence-electron chi connectivity index (χ3n) is 3.19. The van der Waals surface area contributed by atoms with Gasteiger partial charge in [-0.2, -0.15) is 0 Å². The van der Waals surface area contributed by atoms with Gasteiger partial charge in [-0.15, -0.1) is 0 Å². The quantitative estimate of drug-likeness (QED) is 0.690. The highest BCUT2D eigenvalue weighted by molar-refractivity contribution is 9.09. The standard InChI is InChI=1S/C11H22BrN/c1-3-10(4-2)9-13-7-5-11(12)6-8-13/h10-11H,3-9H2,1-2H3. The Hall–Kier alpha value is 0.440. The average molecular weight is 248 g/mol. The van der Waals surface area contributed by atoms with Crippen LogP contribution in [0.15, 0.2) is 0 Å². The van der Waals surface area contributed by atoms with Gasteiger partial charge in [-0.1, -0.05) is 42.6 Å². The molecule has 1 nitrogen and oxygen atoms in total. The van der Waals surface area contributed by atoms with Crippen molar-refractivity contribution in [2.75, 3.05) is 19.6 Å². The molecule has 1 aliphatic heterocycles. The van der Waals surface area contributed by atoms with E-state index in [0.29, 0.717) is 0 Å². The number of piperidine rings is 1. The zero-order valence-electron chi connectivity index (χ0n) is 8.93. The van der Waals surface area contributed by atoms with E-state index in [4.69, 9.17) is 0 Å². The smallest absolute Gasteiger partial charge is 0.0170 e. The summed E-state index contributed by atoms with van der Waals surface area (Å²) >= 11 is 3.69. The summed E-state index contributed by atoms with van der Waals surface area (Å²) in [4.78, 5) is 3.42. The van der Waals surface area contributed by atoms with Crippen LogP contribution in [0.2, 0.25) is 0 Å². The summed E-state index contributed by atoms with van der Waals surface area (Å²) in [7, 11) is 0. The van der Waals surface area contributed by atoms with Crippen LogP contribution in [-0.2, 0) is 0 Å². The monoisotopic (exact) mass is 247 g/mol. The number of halogens is 1. The second-order valence-corrected chi connectivity index (χ2v) is 5.45. The molecule has 0 N–H and O–H groups in total. The van der Waals surface area contributed by atoms with Crippen molar-refractivity contribution in [1.82, 2.24) is 4.90 Å². The highest BCUT2D eigenvalue weighted by atomic mass is 79.9. The van der Waals surface area contributed by atoms with Crippen LogP contribution in [0.4, 0.5) is 0 Å². The Labute approximate surface area is 91.0 Å². The number of hydrogen-bond acceptors (Lipinski definition) is 1. The third kappa shape index (κ3) is 3.99. The van der Waals surface area contributed by atoms with E-state index in [0.717, 1.165) is 10.7 Å². The fourth-order valence-corrected chi connectivity index (χ4v) is 2.41. The van der Waals surface area contributed by atoms with Crippen molar-refractivity contribution in [3.05, 3.63) is 0 Å². The zero-order chi connectivity index (χ0) is 9.68. The Balaban J connectivity index is 2.21. The van der Waals surface area contributed by atoms with Crippen molar-refractivity contribution in [1.29, 1.82) is 0 Å². The van der Waals surface area contributed by atoms with Gasteiger partial charge in [0.15, 0.2) is 0 Å². The van der Waals surface area contributed by atoms with Gasteiger partial charge in [0.2, 0.25) is 0 Å². The Bertz CT molecular complexity index is 126. The topological polar surface area (TPSA) is 3.24 Å². The average Bonchev–Trinajstić information content (AvgIpc) is 2.17. The molecule has 78 valence electrons. The lowest BCUT2D eigenvalue weighted by Gasteiger charge is -2.31.